The topological polar surface area (TPSA) is 87.6 Å². The van der Waals surface area contributed by atoms with Crippen LogP contribution in [0.3, 0.4) is 0 Å². The molecule has 0 fully saturated rings. The lowest BCUT2D eigenvalue weighted by molar-refractivity contribution is -0.148. The number of benzene rings is 1. The van der Waals surface area contributed by atoms with Gasteiger partial charge in [0.2, 0.25) is 0 Å². The second-order valence-corrected chi connectivity index (χ2v) is 5.27. The zero-order valence-corrected chi connectivity index (χ0v) is 13.4. The molecule has 124 valence electrons. The van der Waals surface area contributed by atoms with Crippen molar-refractivity contribution in [3.8, 4) is 17.4 Å². The highest BCUT2D eigenvalue weighted by Crippen LogP contribution is 2.25. The maximum absolute atomic E-state index is 11.7. The first-order valence-corrected chi connectivity index (χ1v) is 7.40. The molecule has 0 N–H and O–H groups in total. The van der Waals surface area contributed by atoms with E-state index in [1.54, 1.807) is 24.3 Å². The number of furan rings is 1. The van der Waals surface area contributed by atoms with E-state index in [1.807, 2.05) is 13.0 Å². The number of carbonyl (C=O) groups is 1. The Hall–Kier alpha value is -2.80. The quantitative estimate of drug-likeness (QED) is 0.630. The summed E-state index contributed by atoms with van der Waals surface area (Å²) in [4.78, 5) is 11.7. The summed E-state index contributed by atoms with van der Waals surface area (Å²) in [5.41, 5.74) is 0.971. The Morgan fingerprint density at radius 2 is 2.17 bits per heavy atom. The molecule has 24 heavy (non-hydrogen) atoms. The minimum Gasteiger partial charge on any atom is -0.480 e. The van der Waals surface area contributed by atoms with E-state index in [0.717, 1.165) is 5.56 Å². The molecular formula is C16H13ClN2O5. The molecule has 0 aliphatic carbocycles. The average molecular weight is 349 g/mol. The summed E-state index contributed by atoms with van der Waals surface area (Å²) in [6.45, 7) is 1.47. The molecule has 2 aromatic heterocycles. The molecule has 2 heterocycles. The summed E-state index contributed by atoms with van der Waals surface area (Å²) in [5, 5.41) is 8.00. The van der Waals surface area contributed by atoms with Crippen molar-refractivity contribution in [1.82, 2.24) is 10.2 Å². The Kier molecular flexibility index (Phi) is 4.81. The largest absolute Gasteiger partial charge is 0.480 e. The van der Waals surface area contributed by atoms with Crippen LogP contribution in [-0.4, -0.2) is 22.8 Å². The van der Waals surface area contributed by atoms with Crippen molar-refractivity contribution in [1.29, 1.82) is 0 Å². The second kappa shape index (κ2) is 7.18. The fraction of sp³-hybridized carbons (Fsp3) is 0.188. The number of aromatic nitrogens is 2. The molecule has 0 aliphatic heterocycles. The molecule has 0 saturated heterocycles. The molecule has 0 radical (unpaired) electrons. The van der Waals surface area contributed by atoms with Gasteiger partial charge in [0.05, 0.1) is 11.3 Å². The molecule has 3 aromatic rings. The highest BCUT2D eigenvalue weighted by Gasteiger charge is 2.13. The molecule has 0 atom stereocenters. The van der Waals surface area contributed by atoms with Gasteiger partial charge in [0.15, 0.2) is 19.0 Å². The Morgan fingerprint density at radius 1 is 1.29 bits per heavy atom. The molecular weight excluding hydrogens is 336 g/mol. The average Bonchev–Trinajstić information content (AvgIpc) is 3.24. The summed E-state index contributed by atoms with van der Waals surface area (Å²) in [5.74, 6) is 0.659. The number of carbonyl (C=O) groups excluding carboxylic acids is 1. The third-order valence-electron chi connectivity index (χ3n) is 2.99. The normalized spacial score (nSPS) is 10.6. The summed E-state index contributed by atoms with van der Waals surface area (Å²) in [6.07, 6.45) is 1.49. The Labute approximate surface area is 142 Å². The zero-order valence-electron chi connectivity index (χ0n) is 12.7. The van der Waals surface area contributed by atoms with Crippen LogP contribution < -0.4 is 4.74 Å². The van der Waals surface area contributed by atoms with Crippen molar-refractivity contribution in [2.24, 2.45) is 0 Å². The minimum atomic E-state index is -0.578. The lowest BCUT2D eigenvalue weighted by Gasteiger charge is -2.08. The van der Waals surface area contributed by atoms with Crippen molar-refractivity contribution in [2.45, 2.75) is 13.5 Å². The van der Waals surface area contributed by atoms with Crippen LogP contribution in [0.15, 0.2) is 45.4 Å². The SMILES string of the molecule is Cc1ccc(Cl)c(OCC(=O)OCc2nnc(-c3ccco3)o2)c1. The molecule has 0 aliphatic rings. The first kappa shape index (κ1) is 16.1. The monoisotopic (exact) mass is 348 g/mol. The van der Waals surface area contributed by atoms with Crippen LogP contribution in [0.2, 0.25) is 5.02 Å². The Morgan fingerprint density at radius 3 is 2.96 bits per heavy atom. The van der Waals surface area contributed by atoms with E-state index in [4.69, 9.17) is 29.9 Å². The maximum Gasteiger partial charge on any atom is 0.344 e. The number of esters is 1. The van der Waals surface area contributed by atoms with Gasteiger partial charge in [-0.3, -0.25) is 0 Å². The highest BCUT2D eigenvalue weighted by atomic mass is 35.5. The molecule has 0 unspecified atom stereocenters. The first-order chi connectivity index (χ1) is 11.6. The van der Waals surface area contributed by atoms with E-state index in [1.165, 1.54) is 6.26 Å². The molecule has 3 rings (SSSR count). The molecule has 8 heteroatoms. The smallest absolute Gasteiger partial charge is 0.344 e. The van der Waals surface area contributed by atoms with Crippen molar-refractivity contribution in [3.63, 3.8) is 0 Å². The number of hydrogen-bond acceptors (Lipinski definition) is 7. The summed E-state index contributed by atoms with van der Waals surface area (Å²) in [6, 6.07) is 8.67. The van der Waals surface area contributed by atoms with E-state index < -0.39 is 5.97 Å². The number of halogens is 1. The van der Waals surface area contributed by atoms with E-state index in [2.05, 4.69) is 10.2 Å². The Bertz CT molecular complexity index is 829. The predicted molar refractivity (Wildman–Crippen MR) is 83.5 cm³/mol. The molecule has 0 saturated carbocycles. The number of aryl methyl sites for hydroxylation is 1. The van der Waals surface area contributed by atoms with E-state index >= 15 is 0 Å². The first-order valence-electron chi connectivity index (χ1n) is 7.02. The third kappa shape index (κ3) is 3.94. The zero-order chi connectivity index (χ0) is 16.9. The molecule has 0 bridgehead atoms. The van der Waals surface area contributed by atoms with E-state index in [0.29, 0.717) is 16.5 Å². The van der Waals surface area contributed by atoms with Crippen molar-refractivity contribution >= 4 is 17.6 Å². The van der Waals surface area contributed by atoms with Crippen molar-refractivity contribution in [2.75, 3.05) is 6.61 Å². The standard InChI is InChI=1S/C16H13ClN2O5/c1-10-4-5-11(17)13(7-10)22-9-15(20)23-8-14-18-19-16(24-14)12-3-2-6-21-12/h2-7H,8-9H2,1H3. The van der Waals surface area contributed by atoms with Crippen molar-refractivity contribution < 1.29 is 23.1 Å². The second-order valence-electron chi connectivity index (χ2n) is 4.86. The third-order valence-corrected chi connectivity index (χ3v) is 3.30. The number of ether oxygens (including phenoxy) is 2. The molecule has 0 amide bonds. The van der Waals surface area contributed by atoms with Crippen LogP contribution in [0.25, 0.3) is 11.7 Å². The van der Waals surface area contributed by atoms with Gasteiger partial charge < -0.3 is 18.3 Å². The van der Waals surface area contributed by atoms with Gasteiger partial charge in [0.25, 0.3) is 11.8 Å². The fourth-order valence-electron chi connectivity index (χ4n) is 1.85. The predicted octanol–water partition coefficient (Wildman–Crippen LogP) is 3.41. The van der Waals surface area contributed by atoms with Gasteiger partial charge in [0.1, 0.15) is 5.75 Å². The fourth-order valence-corrected chi connectivity index (χ4v) is 2.03. The van der Waals surface area contributed by atoms with Gasteiger partial charge in [-0.25, -0.2) is 4.79 Å². The number of nitrogens with zero attached hydrogens (tertiary/aromatic N) is 2. The number of rotatable bonds is 6. The summed E-state index contributed by atoms with van der Waals surface area (Å²) >= 11 is 5.98. The van der Waals surface area contributed by atoms with Gasteiger partial charge >= 0.3 is 5.97 Å². The maximum atomic E-state index is 11.7. The van der Waals surface area contributed by atoms with Gasteiger partial charge in [-0.1, -0.05) is 17.7 Å². The van der Waals surface area contributed by atoms with E-state index in [9.17, 15) is 4.79 Å². The van der Waals surface area contributed by atoms with Crippen LogP contribution in [0.4, 0.5) is 0 Å². The highest BCUT2D eigenvalue weighted by molar-refractivity contribution is 6.32. The van der Waals surface area contributed by atoms with Crippen LogP contribution in [0.1, 0.15) is 11.5 Å². The summed E-state index contributed by atoms with van der Waals surface area (Å²) in [7, 11) is 0. The van der Waals surface area contributed by atoms with Crippen LogP contribution in [0, 0.1) is 6.92 Å². The summed E-state index contributed by atoms with van der Waals surface area (Å²) < 4.78 is 20.8. The molecule has 1 aromatic carbocycles. The lowest BCUT2D eigenvalue weighted by atomic mass is 10.2. The van der Waals surface area contributed by atoms with Gasteiger partial charge in [0, 0.05) is 0 Å². The van der Waals surface area contributed by atoms with Gasteiger partial charge in [-0.2, -0.15) is 0 Å². The van der Waals surface area contributed by atoms with Gasteiger partial charge in [-0.15, -0.1) is 10.2 Å². The minimum absolute atomic E-state index is 0.155. The Balaban J connectivity index is 1.50. The van der Waals surface area contributed by atoms with Crippen LogP contribution in [-0.2, 0) is 16.1 Å². The molecule has 7 nitrogen and oxygen atoms in total. The van der Waals surface area contributed by atoms with Crippen molar-refractivity contribution in [3.05, 3.63) is 53.1 Å². The molecule has 0 spiro atoms. The van der Waals surface area contributed by atoms with Crippen LogP contribution in [0.5, 0.6) is 5.75 Å². The lowest BCUT2D eigenvalue weighted by Crippen LogP contribution is -2.15. The van der Waals surface area contributed by atoms with Crippen LogP contribution >= 0.6 is 11.6 Å². The van der Waals surface area contributed by atoms with Gasteiger partial charge in [-0.05, 0) is 36.8 Å². The number of hydrogen-bond donors (Lipinski definition) is 0. The van der Waals surface area contributed by atoms with E-state index in [-0.39, 0.29) is 25.0 Å².